The van der Waals surface area contributed by atoms with Crippen molar-refractivity contribution >= 4 is 11.8 Å². The van der Waals surface area contributed by atoms with Crippen molar-refractivity contribution in [2.75, 3.05) is 6.54 Å². The lowest BCUT2D eigenvalue weighted by molar-refractivity contribution is -0.130. The maximum absolute atomic E-state index is 12.4. The SMILES string of the molecule is CCCCCCCCCCCCCCCC(=O)NC(NCC)C(=O)NCc1ccccc1. The van der Waals surface area contributed by atoms with Crippen molar-refractivity contribution in [2.45, 2.75) is 116 Å². The summed E-state index contributed by atoms with van der Waals surface area (Å²) >= 11 is 0. The monoisotopic (exact) mass is 445 g/mol. The number of hydrogen-bond donors (Lipinski definition) is 3. The molecule has 2 amide bonds. The van der Waals surface area contributed by atoms with Crippen molar-refractivity contribution in [3.63, 3.8) is 0 Å². The van der Waals surface area contributed by atoms with Crippen LogP contribution < -0.4 is 16.0 Å². The minimum Gasteiger partial charge on any atom is -0.349 e. The molecule has 0 radical (unpaired) electrons. The molecule has 5 nitrogen and oxygen atoms in total. The van der Waals surface area contributed by atoms with Gasteiger partial charge in [0.1, 0.15) is 0 Å². The topological polar surface area (TPSA) is 70.2 Å². The van der Waals surface area contributed by atoms with Crippen LogP contribution in [0.1, 0.15) is 109 Å². The second-order valence-corrected chi connectivity index (χ2v) is 8.75. The van der Waals surface area contributed by atoms with E-state index in [1.54, 1.807) is 0 Å². The van der Waals surface area contributed by atoms with Gasteiger partial charge in [-0.05, 0) is 18.5 Å². The molecule has 0 aliphatic heterocycles. The molecule has 1 aromatic rings. The van der Waals surface area contributed by atoms with Crippen molar-refractivity contribution in [1.29, 1.82) is 0 Å². The molecule has 32 heavy (non-hydrogen) atoms. The summed E-state index contributed by atoms with van der Waals surface area (Å²) in [4.78, 5) is 24.7. The lowest BCUT2D eigenvalue weighted by Gasteiger charge is -2.19. The quantitative estimate of drug-likeness (QED) is 0.174. The third-order valence-corrected chi connectivity index (χ3v) is 5.79. The van der Waals surface area contributed by atoms with Crippen LogP contribution in [0.15, 0.2) is 30.3 Å². The van der Waals surface area contributed by atoms with E-state index in [2.05, 4.69) is 22.9 Å². The van der Waals surface area contributed by atoms with Crippen LogP contribution in [0.2, 0.25) is 0 Å². The molecule has 5 heteroatoms. The molecule has 3 N–H and O–H groups in total. The molecular formula is C27H47N3O2. The van der Waals surface area contributed by atoms with Gasteiger partial charge in [-0.2, -0.15) is 0 Å². The van der Waals surface area contributed by atoms with Crippen molar-refractivity contribution in [3.05, 3.63) is 35.9 Å². The Kier molecular flexibility index (Phi) is 17.4. The number of nitrogens with one attached hydrogen (secondary N) is 3. The van der Waals surface area contributed by atoms with E-state index in [1.165, 1.54) is 70.6 Å². The summed E-state index contributed by atoms with van der Waals surface area (Å²) in [5, 5.41) is 8.78. The highest BCUT2D eigenvalue weighted by atomic mass is 16.2. The first-order valence-electron chi connectivity index (χ1n) is 13.0. The molecule has 0 heterocycles. The van der Waals surface area contributed by atoms with Gasteiger partial charge in [-0.15, -0.1) is 0 Å². The minimum absolute atomic E-state index is 0.0612. The highest BCUT2D eigenvalue weighted by Crippen LogP contribution is 2.13. The van der Waals surface area contributed by atoms with Gasteiger partial charge in [-0.1, -0.05) is 121 Å². The number of likely N-dealkylation sites (N-methyl/N-ethyl adjacent to an activating group) is 1. The summed E-state index contributed by atoms with van der Waals surface area (Å²) in [6.45, 7) is 5.26. The van der Waals surface area contributed by atoms with E-state index in [0.29, 0.717) is 19.5 Å². The highest BCUT2D eigenvalue weighted by molar-refractivity contribution is 5.87. The van der Waals surface area contributed by atoms with Crippen LogP contribution in [0.4, 0.5) is 0 Å². The Morgan fingerprint density at radius 1 is 0.750 bits per heavy atom. The van der Waals surface area contributed by atoms with Gasteiger partial charge in [0.2, 0.25) is 5.91 Å². The van der Waals surface area contributed by atoms with E-state index < -0.39 is 6.17 Å². The zero-order valence-electron chi connectivity index (χ0n) is 20.6. The normalized spacial score (nSPS) is 11.8. The summed E-state index contributed by atoms with van der Waals surface area (Å²) in [5.41, 5.74) is 1.04. The van der Waals surface area contributed by atoms with Gasteiger partial charge < -0.3 is 10.6 Å². The number of rotatable bonds is 20. The first-order valence-corrected chi connectivity index (χ1v) is 13.0. The third kappa shape index (κ3) is 15.0. The van der Waals surface area contributed by atoms with Crippen LogP contribution in [-0.4, -0.2) is 24.5 Å². The third-order valence-electron chi connectivity index (χ3n) is 5.79. The summed E-state index contributed by atoms with van der Waals surface area (Å²) < 4.78 is 0. The fourth-order valence-corrected chi connectivity index (χ4v) is 3.84. The van der Waals surface area contributed by atoms with Crippen LogP contribution in [0.5, 0.6) is 0 Å². The average molecular weight is 446 g/mol. The first-order chi connectivity index (χ1) is 15.7. The van der Waals surface area contributed by atoms with E-state index in [9.17, 15) is 9.59 Å². The Labute approximate surface area is 196 Å². The highest BCUT2D eigenvalue weighted by Gasteiger charge is 2.19. The molecular weight excluding hydrogens is 398 g/mol. The number of carbonyl (C=O) groups is 2. The molecule has 0 fully saturated rings. The molecule has 0 bridgehead atoms. The van der Waals surface area contributed by atoms with E-state index in [0.717, 1.165) is 18.4 Å². The van der Waals surface area contributed by atoms with Gasteiger partial charge in [0, 0.05) is 13.0 Å². The minimum atomic E-state index is -0.682. The average Bonchev–Trinajstić information content (AvgIpc) is 2.81. The fraction of sp³-hybridized carbons (Fsp3) is 0.704. The number of unbranched alkanes of at least 4 members (excludes halogenated alkanes) is 12. The molecule has 1 unspecified atom stereocenters. The van der Waals surface area contributed by atoms with Crippen LogP contribution in [0.3, 0.4) is 0 Å². The fourth-order valence-electron chi connectivity index (χ4n) is 3.84. The molecule has 0 spiro atoms. The summed E-state index contributed by atoms with van der Waals surface area (Å²) in [6.07, 6.45) is 16.5. The van der Waals surface area contributed by atoms with Gasteiger partial charge >= 0.3 is 0 Å². The van der Waals surface area contributed by atoms with E-state index in [4.69, 9.17) is 0 Å². The molecule has 0 aliphatic rings. The maximum Gasteiger partial charge on any atom is 0.257 e. The Morgan fingerprint density at radius 3 is 1.81 bits per heavy atom. The van der Waals surface area contributed by atoms with Crippen molar-refractivity contribution in [3.8, 4) is 0 Å². The van der Waals surface area contributed by atoms with Gasteiger partial charge in [0.25, 0.3) is 5.91 Å². The largest absolute Gasteiger partial charge is 0.349 e. The lowest BCUT2D eigenvalue weighted by atomic mass is 10.0. The predicted molar refractivity (Wildman–Crippen MR) is 134 cm³/mol. The smallest absolute Gasteiger partial charge is 0.257 e. The van der Waals surface area contributed by atoms with Crippen molar-refractivity contribution in [1.82, 2.24) is 16.0 Å². The lowest BCUT2D eigenvalue weighted by Crippen LogP contribution is -2.54. The summed E-state index contributed by atoms with van der Waals surface area (Å²) in [5.74, 6) is -0.261. The Morgan fingerprint density at radius 2 is 1.28 bits per heavy atom. The second kappa shape index (κ2) is 19.8. The molecule has 182 valence electrons. The van der Waals surface area contributed by atoms with Crippen LogP contribution in [-0.2, 0) is 16.1 Å². The zero-order valence-corrected chi connectivity index (χ0v) is 20.6. The van der Waals surface area contributed by atoms with Crippen LogP contribution in [0, 0.1) is 0 Å². The van der Waals surface area contributed by atoms with Gasteiger partial charge in [0.05, 0.1) is 0 Å². The van der Waals surface area contributed by atoms with Crippen LogP contribution in [0.25, 0.3) is 0 Å². The van der Waals surface area contributed by atoms with Gasteiger partial charge in [0.15, 0.2) is 6.17 Å². The first kappa shape index (κ1) is 28.2. The Hall–Kier alpha value is -1.88. The van der Waals surface area contributed by atoms with Crippen molar-refractivity contribution in [2.24, 2.45) is 0 Å². The van der Waals surface area contributed by atoms with Gasteiger partial charge in [-0.3, -0.25) is 14.9 Å². The van der Waals surface area contributed by atoms with E-state index in [-0.39, 0.29) is 11.8 Å². The van der Waals surface area contributed by atoms with Gasteiger partial charge in [-0.25, -0.2) is 0 Å². The molecule has 0 saturated carbocycles. The number of amides is 2. The number of hydrogen-bond acceptors (Lipinski definition) is 3. The molecule has 1 atom stereocenters. The summed E-state index contributed by atoms with van der Waals surface area (Å²) in [6, 6.07) is 9.77. The molecule has 0 aromatic heterocycles. The molecule has 0 aliphatic carbocycles. The molecule has 1 aromatic carbocycles. The van der Waals surface area contributed by atoms with E-state index >= 15 is 0 Å². The zero-order chi connectivity index (χ0) is 23.3. The molecule has 0 saturated heterocycles. The summed E-state index contributed by atoms with van der Waals surface area (Å²) in [7, 11) is 0. The standard InChI is InChI=1S/C27H47N3O2/c1-3-5-6-7-8-9-10-11-12-13-14-15-19-22-25(31)30-26(28-4-2)27(32)29-23-24-20-17-16-18-21-24/h16-18,20-21,26,28H,3-15,19,22-23H2,1-2H3,(H,29,32)(H,30,31). The van der Waals surface area contributed by atoms with Crippen LogP contribution >= 0.6 is 0 Å². The van der Waals surface area contributed by atoms with E-state index in [1.807, 2.05) is 37.3 Å². The number of carbonyl (C=O) groups excluding carboxylic acids is 2. The Balaban J connectivity index is 2.06. The van der Waals surface area contributed by atoms with Crippen molar-refractivity contribution < 1.29 is 9.59 Å². The second-order valence-electron chi connectivity index (χ2n) is 8.75. The Bertz CT molecular complexity index is 592. The molecule has 1 rings (SSSR count). The maximum atomic E-state index is 12.4. The predicted octanol–water partition coefficient (Wildman–Crippen LogP) is 5.84. The number of benzene rings is 1.